The second-order valence-electron chi connectivity index (χ2n) is 3.75. The Labute approximate surface area is 91.5 Å². The fourth-order valence-electron chi connectivity index (χ4n) is 1.43. The van der Waals surface area contributed by atoms with Crippen LogP contribution in [-0.2, 0) is 6.54 Å². The zero-order valence-corrected chi connectivity index (χ0v) is 9.46. The van der Waals surface area contributed by atoms with Crippen molar-refractivity contribution in [1.82, 2.24) is 10.5 Å². The molecule has 0 aliphatic rings. The van der Waals surface area contributed by atoms with Gasteiger partial charge in [-0.15, -0.1) is 6.58 Å². The zero-order valence-electron chi connectivity index (χ0n) is 9.46. The summed E-state index contributed by atoms with van der Waals surface area (Å²) in [5.41, 5.74) is 0.942. The van der Waals surface area contributed by atoms with Crippen LogP contribution in [0.25, 0.3) is 0 Å². The molecule has 15 heavy (non-hydrogen) atoms. The van der Waals surface area contributed by atoms with Gasteiger partial charge in [0.05, 0.1) is 12.2 Å². The number of aromatic nitrogens is 1. The Morgan fingerprint density at radius 3 is 3.00 bits per heavy atom. The maximum absolute atomic E-state index is 5.08. The minimum Gasteiger partial charge on any atom is -0.360 e. The maximum Gasteiger partial charge on any atom is 0.150 e. The summed E-state index contributed by atoms with van der Waals surface area (Å²) in [5, 5.41) is 7.16. The topological polar surface area (TPSA) is 38.1 Å². The van der Waals surface area contributed by atoms with E-state index >= 15 is 0 Å². The molecule has 1 aromatic rings. The summed E-state index contributed by atoms with van der Waals surface area (Å²) in [6.07, 6.45) is 6.81. The summed E-state index contributed by atoms with van der Waals surface area (Å²) in [6.45, 7) is 7.45. The third kappa shape index (κ3) is 5.37. The molecule has 0 spiro atoms. The molecule has 0 fully saturated rings. The Kier molecular flexibility index (Phi) is 5.78. The lowest BCUT2D eigenvalue weighted by Crippen LogP contribution is -2.14. The molecule has 3 nitrogen and oxygen atoms in total. The van der Waals surface area contributed by atoms with E-state index < -0.39 is 0 Å². The number of unbranched alkanes of at least 4 members (excludes halogenated alkanes) is 3. The van der Waals surface area contributed by atoms with Crippen molar-refractivity contribution in [2.24, 2.45) is 0 Å². The minimum atomic E-state index is 0.780. The van der Waals surface area contributed by atoms with Gasteiger partial charge in [0.15, 0.2) is 5.76 Å². The lowest BCUT2D eigenvalue weighted by Gasteiger charge is -2.01. The second kappa shape index (κ2) is 7.23. The molecular weight excluding hydrogens is 188 g/mol. The highest BCUT2D eigenvalue weighted by molar-refractivity contribution is 5.02. The van der Waals surface area contributed by atoms with Crippen LogP contribution in [-0.4, -0.2) is 11.7 Å². The van der Waals surface area contributed by atoms with Gasteiger partial charge < -0.3 is 9.84 Å². The quantitative estimate of drug-likeness (QED) is 0.527. The predicted octanol–water partition coefficient (Wildman–Crippen LogP) is 2.82. The summed E-state index contributed by atoms with van der Waals surface area (Å²) in [6, 6.07) is 1.96. The van der Waals surface area contributed by atoms with Crippen LogP contribution in [0.2, 0.25) is 0 Å². The van der Waals surface area contributed by atoms with Crippen molar-refractivity contribution in [3.05, 3.63) is 30.2 Å². The molecular formula is C12H20N2O. The standard InChI is InChI=1S/C12H20N2O/c1-3-4-5-6-7-8-13-10-12-9-11(2)14-15-12/h3,9,13H,1,4-8,10H2,2H3. The van der Waals surface area contributed by atoms with Gasteiger partial charge in [-0.1, -0.05) is 17.7 Å². The molecule has 0 saturated carbocycles. The predicted molar refractivity (Wildman–Crippen MR) is 61.6 cm³/mol. The molecule has 0 atom stereocenters. The molecule has 1 rings (SSSR count). The number of allylic oxidation sites excluding steroid dienone is 1. The SMILES string of the molecule is C=CCCCCCNCc1cc(C)no1. The smallest absolute Gasteiger partial charge is 0.150 e. The molecule has 0 unspecified atom stereocenters. The van der Waals surface area contributed by atoms with E-state index in [0.717, 1.165) is 31.0 Å². The summed E-state index contributed by atoms with van der Waals surface area (Å²) in [5.74, 6) is 0.915. The largest absolute Gasteiger partial charge is 0.360 e. The number of nitrogens with zero attached hydrogens (tertiary/aromatic N) is 1. The third-order valence-corrected chi connectivity index (χ3v) is 2.24. The van der Waals surface area contributed by atoms with E-state index in [1.807, 2.05) is 19.1 Å². The molecule has 1 N–H and O–H groups in total. The van der Waals surface area contributed by atoms with Crippen LogP contribution in [0, 0.1) is 6.92 Å². The van der Waals surface area contributed by atoms with Crippen LogP contribution in [0.3, 0.4) is 0 Å². The highest BCUT2D eigenvalue weighted by Gasteiger charge is 1.98. The lowest BCUT2D eigenvalue weighted by atomic mass is 10.2. The molecule has 3 heteroatoms. The van der Waals surface area contributed by atoms with E-state index in [4.69, 9.17) is 4.52 Å². The summed E-state index contributed by atoms with van der Waals surface area (Å²) in [4.78, 5) is 0. The Balaban J connectivity index is 1.95. The van der Waals surface area contributed by atoms with Crippen LogP contribution in [0.1, 0.15) is 37.1 Å². The van der Waals surface area contributed by atoms with E-state index in [-0.39, 0.29) is 0 Å². The average Bonchev–Trinajstić information content (AvgIpc) is 2.63. The first-order valence-corrected chi connectivity index (χ1v) is 5.56. The lowest BCUT2D eigenvalue weighted by molar-refractivity contribution is 0.369. The van der Waals surface area contributed by atoms with Crippen molar-refractivity contribution in [1.29, 1.82) is 0 Å². The molecule has 0 aliphatic heterocycles. The van der Waals surface area contributed by atoms with Gasteiger partial charge in [0.1, 0.15) is 0 Å². The van der Waals surface area contributed by atoms with Crippen LogP contribution < -0.4 is 5.32 Å². The molecule has 0 aromatic carbocycles. The zero-order chi connectivity index (χ0) is 10.9. The van der Waals surface area contributed by atoms with E-state index in [1.165, 1.54) is 19.3 Å². The fraction of sp³-hybridized carbons (Fsp3) is 0.583. The van der Waals surface area contributed by atoms with Gasteiger partial charge in [0.25, 0.3) is 0 Å². The van der Waals surface area contributed by atoms with Crippen LogP contribution >= 0.6 is 0 Å². The third-order valence-electron chi connectivity index (χ3n) is 2.24. The Morgan fingerprint density at radius 2 is 2.33 bits per heavy atom. The minimum absolute atomic E-state index is 0.780. The van der Waals surface area contributed by atoms with Crippen LogP contribution in [0.4, 0.5) is 0 Å². The first-order valence-electron chi connectivity index (χ1n) is 5.56. The Bertz CT molecular complexity index is 281. The summed E-state index contributed by atoms with van der Waals surface area (Å²) >= 11 is 0. The van der Waals surface area contributed by atoms with Crippen molar-refractivity contribution in [3.8, 4) is 0 Å². The van der Waals surface area contributed by atoms with Crippen LogP contribution in [0.15, 0.2) is 23.2 Å². The molecule has 0 saturated heterocycles. The normalized spacial score (nSPS) is 10.5. The first-order chi connectivity index (χ1) is 7.33. The van der Waals surface area contributed by atoms with Gasteiger partial charge in [-0.25, -0.2) is 0 Å². The summed E-state index contributed by atoms with van der Waals surface area (Å²) in [7, 11) is 0. The van der Waals surface area contributed by atoms with Gasteiger partial charge in [-0.3, -0.25) is 0 Å². The molecule has 1 heterocycles. The van der Waals surface area contributed by atoms with Crippen LogP contribution in [0.5, 0.6) is 0 Å². The van der Waals surface area contributed by atoms with Gasteiger partial charge in [0, 0.05) is 6.07 Å². The molecule has 0 aliphatic carbocycles. The van der Waals surface area contributed by atoms with Crippen molar-refractivity contribution in [2.75, 3.05) is 6.54 Å². The number of hydrogen-bond acceptors (Lipinski definition) is 3. The van der Waals surface area contributed by atoms with E-state index in [9.17, 15) is 0 Å². The molecule has 0 bridgehead atoms. The maximum atomic E-state index is 5.08. The number of hydrogen-bond donors (Lipinski definition) is 1. The van der Waals surface area contributed by atoms with Gasteiger partial charge in [-0.05, 0) is 32.7 Å². The monoisotopic (exact) mass is 208 g/mol. The highest BCUT2D eigenvalue weighted by atomic mass is 16.5. The van der Waals surface area contributed by atoms with E-state index in [1.54, 1.807) is 0 Å². The van der Waals surface area contributed by atoms with Crippen molar-refractivity contribution in [3.63, 3.8) is 0 Å². The molecule has 0 amide bonds. The molecule has 84 valence electrons. The molecule has 0 radical (unpaired) electrons. The van der Waals surface area contributed by atoms with Gasteiger partial charge >= 0.3 is 0 Å². The average molecular weight is 208 g/mol. The van der Waals surface area contributed by atoms with Crippen molar-refractivity contribution >= 4 is 0 Å². The van der Waals surface area contributed by atoms with Gasteiger partial charge in [-0.2, -0.15) is 0 Å². The van der Waals surface area contributed by atoms with Crippen molar-refractivity contribution < 1.29 is 4.52 Å². The van der Waals surface area contributed by atoms with E-state index in [2.05, 4.69) is 17.1 Å². The van der Waals surface area contributed by atoms with Gasteiger partial charge in [0.2, 0.25) is 0 Å². The van der Waals surface area contributed by atoms with Crippen molar-refractivity contribution in [2.45, 2.75) is 39.2 Å². The first kappa shape index (κ1) is 12.0. The Morgan fingerprint density at radius 1 is 1.47 bits per heavy atom. The Hall–Kier alpha value is -1.09. The number of rotatable bonds is 8. The van der Waals surface area contributed by atoms with E-state index in [0.29, 0.717) is 0 Å². The highest BCUT2D eigenvalue weighted by Crippen LogP contribution is 2.02. The number of nitrogens with one attached hydrogen (secondary N) is 1. The number of aryl methyl sites for hydroxylation is 1. The fourth-order valence-corrected chi connectivity index (χ4v) is 1.43. The molecule has 1 aromatic heterocycles. The second-order valence-corrected chi connectivity index (χ2v) is 3.75. The summed E-state index contributed by atoms with van der Waals surface area (Å²) < 4.78 is 5.08.